The zero-order valence-corrected chi connectivity index (χ0v) is 15.6. The minimum Gasteiger partial charge on any atom is -0.504 e. The molecule has 0 bridgehead atoms. The number of carbonyl (C=O) groups excluding carboxylic acids is 1. The van der Waals surface area contributed by atoms with Gasteiger partial charge in [-0.3, -0.25) is 4.79 Å². The molecule has 3 rings (SSSR count). The molecular formula is C21H22O7. The van der Waals surface area contributed by atoms with Gasteiger partial charge in [0.2, 0.25) is 0 Å². The van der Waals surface area contributed by atoms with E-state index in [1.54, 1.807) is 18.2 Å². The van der Waals surface area contributed by atoms with Crippen molar-refractivity contribution in [1.29, 1.82) is 0 Å². The number of phenolic OH excluding ortho intramolecular Hbond substituents is 2. The minimum absolute atomic E-state index is 0.00568. The zero-order valence-electron chi connectivity index (χ0n) is 15.6. The van der Waals surface area contributed by atoms with Crippen molar-refractivity contribution in [1.82, 2.24) is 0 Å². The molecule has 1 aliphatic carbocycles. The summed E-state index contributed by atoms with van der Waals surface area (Å²) >= 11 is 0. The van der Waals surface area contributed by atoms with Crippen molar-refractivity contribution in [3.8, 4) is 23.0 Å². The fraction of sp³-hybridized carbons (Fsp3) is 0.286. The van der Waals surface area contributed by atoms with E-state index in [0.717, 1.165) is 5.56 Å². The van der Waals surface area contributed by atoms with Gasteiger partial charge in [-0.25, -0.2) is 0 Å². The summed E-state index contributed by atoms with van der Waals surface area (Å²) in [6.45, 7) is -0.291. The van der Waals surface area contributed by atoms with Crippen molar-refractivity contribution in [3.05, 3.63) is 52.8 Å². The molecule has 0 aliphatic heterocycles. The van der Waals surface area contributed by atoms with Crippen LogP contribution in [0.3, 0.4) is 0 Å². The third kappa shape index (κ3) is 3.48. The summed E-state index contributed by atoms with van der Waals surface area (Å²) < 4.78 is 10.3. The van der Waals surface area contributed by atoms with Crippen LogP contribution in [0.25, 0.3) is 5.57 Å². The van der Waals surface area contributed by atoms with Gasteiger partial charge in [-0.15, -0.1) is 0 Å². The number of Topliss-reactive ketones (excluding diaryl/α,β-unsaturated/α-hetero) is 1. The Bertz CT molecular complexity index is 946. The fourth-order valence-electron chi connectivity index (χ4n) is 3.49. The quantitative estimate of drug-likeness (QED) is 0.603. The highest BCUT2D eigenvalue weighted by Gasteiger charge is 2.34. The number of ketones is 1. The van der Waals surface area contributed by atoms with Gasteiger partial charge in [-0.2, -0.15) is 0 Å². The second-order valence-electron chi connectivity index (χ2n) is 6.63. The van der Waals surface area contributed by atoms with Crippen LogP contribution >= 0.6 is 0 Å². The molecule has 0 fully saturated rings. The van der Waals surface area contributed by atoms with Crippen LogP contribution in [0.4, 0.5) is 0 Å². The standard InChI is InChI=1S/C21H22O7/c1-27-18-6-11(3-4-15(18)23)5-12-7-16(24)19(28-2)9-14(12)20-13(10-22)8-17(25)21(20)26/h3-4,6-7,9,13,22-24,26H,5,8,10H2,1-2H3. The van der Waals surface area contributed by atoms with Crippen LogP contribution in [0.1, 0.15) is 23.1 Å². The van der Waals surface area contributed by atoms with Crippen molar-refractivity contribution in [2.24, 2.45) is 5.92 Å². The number of allylic oxidation sites excluding steroid dienone is 1. The van der Waals surface area contributed by atoms with Crippen LogP contribution in [-0.2, 0) is 11.2 Å². The number of benzene rings is 2. The van der Waals surface area contributed by atoms with Crippen molar-refractivity contribution < 1.29 is 34.7 Å². The van der Waals surface area contributed by atoms with E-state index < -0.39 is 11.7 Å². The molecular weight excluding hydrogens is 364 g/mol. The van der Waals surface area contributed by atoms with Gasteiger partial charge in [0.05, 0.1) is 20.8 Å². The maximum Gasteiger partial charge on any atom is 0.198 e. The molecule has 0 saturated carbocycles. The number of hydrogen-bond acceptors (Lipinski definition) is 7. The molecule has 2 aromatic rings. The van der Waals surface area contributed by atoms with E-state index in [0.29, 0.717) is 28.9 Å². The third-order valence-corrected chi connectivity index (χ3v) is 4.91. The summed E-state index contributed by atoms with van der Waals surface area (Å²) in [6, 6.07) is 7.93. The third-order valence-electron chi connectivity index (χ3n) is 4.91. The van der Waals surface area contributed by atoms with E-state index in [4.69, 9.17) is 9.47 Å². The molecule has 1 unspecified atom stereocenters. The van der Waals surface area contributed by atoms with E-state index in [9.17, 15) is 25.2 Å². The van der Waals surface area contributed by atoms with E-state index >= 15 is 0 Å². The lowest BCUT2D eigenvalue weighted by molar-refractivity contribution is -0.117. The highest BCUT2D eigenvalue weighted by atomic mass is 16.5. The van der Waals surface area contributed by atoms with Crippen LogP contribution in [0.5, 0.6) is 23.0 Å². The first-order chi connectivity index (χ1) is 13.4. The van der Waals surface area contributed by atoms with Crippen molar-refractivity contribution in [2.75, 3.05) is 20.8 Å². The summed E-state index contributed by atoms with van der Waals surface area (Å²) in [6.07, 6.45) is 0.347. The highest BCUT2D eigenvalue weighted by molar-refractivity contribution is 6.06. The van der Waals surface area contributed by atoms with Crippen molar-refractivity contribution >= 4 is 11.4 Å². The normalized spacial score (nSPS) is 16.5. The second kappa shape index (κ2) is 7.82. The summed E-state index contributed by atoms with van der Waals surface area (Å²) in [5.74, 6) is -0.922. The maximum atomic E-state index is 12.0. The fourth-order valence-corrected chi connectivity index (χ4v) is 3.49. The molecule has 0 heterocycles. The average Bonchev–Trinajstić information content (AvgIpc) is 2.97. The summed E-state index contributed by atoms with van der Waals surface area (Å²) in [7, 11) is 2.85. The molecule has 0 aromatic heterocycles. The number of carbonyl (C=O) groups is 1. The second-order valence-corrected chi connectivity index (χ2v) is 6.63. The number of methoxy groups -OCH3 is 2. The molecule has 4 N–H and O–H groups in total. The first-order valence-corrected chi connectivity index (χ1v) is 8.72. The van der Waals surface area contributed by atoms with Crippen LogP contribution in [-0.4, -0.2) is 47.0 Å². The predicted molar refractivity (Wildman–Crippen MR) is 102 cm³/mol. The molecule has 2 aromatic carbocycles. The molecule has 0 saturated heterocycles. The van der Waals surface area contributed by atoms with Gasteiger partial charge >= 0.3 is 0 Å². The lowest BCUT2D eigenvalue weighted by Crippen LogP contribution is -2.08. The van der Waals surface area contributed by atoms with Gasteiger partial charge in [0.1, 0.15) is 0 Å². The highest BCUT2D eigenvalue weighted by Crippen LogP contribution is 2.42. The Kier molecular flexibility index (Phi) is 5.46. The lowest BCUT2D eigenvalue weighted by Gasteiger charge is -2.18. The van der Waals surface area contributed by atoms with E-state index in [1.807, 2.05) is 0 Å². The van der Waals surface area contributed by atoms with Gasteiger partial charge in [0.25, 0.3) is 0 Å². The molecule has 0 radical (unpaired) electrons. The molecule has 1 atom stereocenters. The smallest absolute Gasteiger partial charge is 0.198 e. The molecule has 148 valence electrons. The molecule has 1 aliphatic rings. The Morgan fingerprint density at radius 3 is 2.32 bits per heavy atom. The topological polar surface area (TPSA) is 116 Å². The molecule has 0 amide bonds. The van der Waals surface area contributed by atoms with Crippen LogP contribution in [0.15, 0.2) is 36.1 Å². The number of phenols is 2. The number of aliphatic hydroxyl groups is 2. The van der Waals surface area contributed by atoms with Gasteiger partial charge in [-0.1, -0.05) is 6.07 Å². The van der Waals surface area contributed by atoms with E-state index in [1.165, 1.54) is 26.4 Å². The van der Waals surface area contributed by atoms with E-state index in [2.05, 4.69) is 0 Å². The Morgan fingerprint density at radius 2 is 1.68 bits per heavy atom. The maximum absolute atomic E-state index is 12.0. The number of aromatic hydroxyl groups is 2. The molecule has 0 spiro atoms. The SMILES string of the molecule is COc1cc(Cc2cc(O)c(OC)cc2C2=C(O)C(=O)CC2CO)ccc1O. The lowest BCUT2D eigenvalue weighted by atomic mass is 9.89. The first-order valence-electron chi connectivity index (χ1n) is 8.72. The predicted octanol–water partition coefficient (Wildman–Crippen LogP) is 2.56. The van der Waals surface area contributed by atoms with Crippen LogP contribution in [0, 0.1) is 5.92 Å². The van der Waals surface area contributed by atoms with Crippen molar-refractivity contribution in [2.45, 2.75) is 12.8 Å². The van der Waals surface area contributed by atoms with Crippen LogP contribution in [0.2, 0.25) is 0 Å². The Labute approximate surface area is 162 Å². The number of hydrogen-bond donors (Lipinski definition) is 4. The Balaban J connectivity index is 2.13. The molecule has 7 nitrogen and oxygen atoms in total. The average molecular weight is 386 g/mol. The van der Waals surface area contributed by atoms with Gasteiger partial charge in [-0.05, 0) is 47.4 Å². The van der Waals surface area contributed by atoms with Crippen LogP contribution < -0.4 is 9.47 Å². The zero-order chi connectivity index (χ0) is 20.4. The summed E-state index contributed by atoms with van der Waals surface area (Å²) in [5.41, 5.74) is 2.27. The summed E-state index contributed by atoms with van der Waals surface area (Å²) in [5, 5.41) is 40.0. The number of rotatable bonds is 6. The Morgan fingerprint density at radius 1 is 1.00 bits per heavy atom. The first kappa shape index (κ1) is 19.6. The largest absolute Gasteiger partial charge is 0.504 e. The monoisotopic (exact) mass is 386 g/mol. The van der Waals surface area contributed by atoms with Gasteiger partial charge < -0.3 is 29.9 Å². The number of ether oxygens (including phenoxy) is 2. The Hall–Kier alpha value is -3.19. The van der Waals surface area contributed by atoms with Crippen molar-refractivity contribution in [3.63, 3.8) is 0 Å². The molecule has 28 heavy (non-hydrogen) atoms. The molecule has 7 heteroatoms. The van der Waals surface area contributed by atoms with E-state index in [-0.39, 0.29) is 36.0 Å². The summed E-state index contributed by atoms with van der Waals surface area (Å²) in [4.78, 5) is 12.0. The minimum atomic E-state index is -0.533. The van der Waals surface area contributed by atoms with Gasteiger partial charge in [0.15, 0.2) is 34.5 Å². The number of aliphatic hydroxyl groups excluding tert-OH is 2. The van der Waals surface area contributed by atoms with Gasteiger partial charge in [0, 0.05) is 17.9 Å².